The minimum atomic E-state index is -0.508. The monoisotopic (exact) mass is 226 g/mol. The molecule has 0 fully saturated rings. The summed E-state index contributed by atoms with van der Waals surface area (Å²) in [5.41, 5.74) is 6.08. The largest absolute Gasteiger partial charge is 0.388 e. The second-order valence-corrected chi connectivity index (χ2v) is 3.52. The lowest BCUT2D eigenvalue weighted by Crippen LogP contribution is -2.02. The van der Waals surface area contributed by atoms with Crippen molar-refractivity contribution in [2.75, 3.05) is 5.73 Å². The summed E-state index contributed by atoms with van der Waals surface area (Å²) in [5.74, 6) is 0. The standard InChI is InChI=1S/C6H6N6O2S/c7-6-5(9-10-15-6)3-11-2-4(1-8-11)12(13)14/h1-2H,3,7H2. The molecule has 2 rings (SSSR count). The van der Waals surface area contributed by atoms with Crippen molar-refractivity contribution in [2.45, 2.75) is 6.54 Å². The molecule has 0 unspecified atom stereocenters. The van der Waals surface area contributed by atoms with Crippen molar-refractivity contribution in [2.24, 2.45) is 0 Å². The zero-order valence-electron chi connectivity index (χ0n) is 7.40. The predicted octanol–water partition coefficient (Wildman–Crippen LogP) is 0.273. The van der Waals surface area contributed by atoms with Gasteiger partial charge in [-0.25, -0.2) is 0 Å². The summed E-state index contributed by atoms with van der Waals surface area (Å²) in [6.45, 7) is 0.288. The highest BCUT2D eigenvalue weighted by molar-refractivity contribution is 7.09. The number of rotatable bonds is 3. The van der Waals surface area contributed by atoms with E-state index in [9.17, 15) is 10.1 Å². The number of hydrogen-bond acceptors (Lipinski definition) is 7. The van der Waals surface area contributed by atoms with Gasteiger partial charge in [0.25, 0.3) is 0 Å². The minimum absolute atomic E-state index is 0.0586. The Balaban J connectivity index is 2.18. The van der Waals surface area contributed by atoms with Gasteiger partial charge in [0, 0.05) is 11.5 Å². The van der Waals surface area contributed by atoms with E-state index in [2.05, 4.69) is 14.7 Å². The number of anilines is 1. The summed E-state index contributed by atoms with van der Waals surface area (Å²) in [5, 5.41) is 18.5. The zero-order valence-corrected chi connectivity index (χ0v) is 8.22. The van der Waals surface area contributed by atoms with Crippen LogP contribution in [-0.4, -0.2) is 24.3 Å². The fourth-order valence-corrected chi connectivity index (χ4v) is 1.45. The lowest BCUT2D eigenvalue weighted by molar-refractivity contribution is -0.385. The van der Waals surface area contributed by atoms with Gasteiger partial charge < -0.3 is 5.73 Å². The molecule has 0 aliphatic rings. The smallest absolute Gasteiger partial charge is 0.307 e. The van der Waals surface area contributed by atoms with E-state index in [1.807, 2.05) is 0 Å². The zero-order chi connectivity index (χ0) is 10.8. The van der Waals surface area contributed by atoms with Gasteiger partial charge in [0.05, 0.1) is 11.5 Å². The van der Waals surface area contributed by atoms with Crippen molar-refractivity contribution in [3.05, 3.63) is 28.2 Å². The van der Waals surface area contributed by atoms with Gasteiger partial charge in [-0.3, -0.25) is 14.8 Å². The predicted molar refractivity (Wildman–Crippen MR) is 52.3 cm³/mol. The van der Waals surface area contributed by atoms with E-state index in [-0.39, 0.29) is 12.2 Å². The molecule has 0 atom stereocenters. The van der Waals surface area contributed by atoms with E-state index >= 15 is 0 Å². The lowest BCUT2D eigenvalue weighted by atomic mass is 10.4. The Morgan fingerprint density at radius 3 is 3.00 bits per heavy atom. The van der Waals surface area contributed by atoms with E-state index in [4.69, 9.17) is 5.73 Å². The molecule has 0 radical (unpaired) electrons. The van der Waals surface area contributed by atoms with Gasteiger partial charge in [-0.05, 0) is 0 Å². The summed E-state index contributed by atoms with van der Waals surface area (Å²) in [6.07, 6.45) is 2.49. The van der Waals surface area contributed by atoms with Crippen LogP contribution >= 0.6 is 11.5 Å². The Kier molecular flexibility index (Phi) is 2.29. The molecule has 15 heavy (non-hydrogen) atoms. The molecule has 2 N–H and O–H groups in total. The highest BCUT2D eigenvalue weighted by atomic mass is 32.1. The first-order chi connectivity index (χ1) is 7.16. The number of aromatic nitrogens is 4. The van der Waals surface area contributed by atoms with Gasteiger partial charge in [0.2, 0.25) is 0 Å². The maximum Gasteiger partial charge on any atom is 0.307 e. The topological polar surface area (TPSA) is 113 Å². The summed E-state index contributed by atoms with van der Waals surface area (Å²) in [7, 11) is 0. The van der Waals surface area contributed by atoms with Crippen molar-refractivity contribution >= 4 is 22.2 Å². The van der Waals surface area contributed by atoms with Crippen molar-refractivity contribution in [1.82, 2.24) is 19.4 Å². The molecule has 0 aliphatic heterocycles. The van der Waals surface area contributed by atoms with E-state index in [1.165, 1.54) is 17.1 Å². The van der Waals surface area contributed by atoms with Gasteiger partial charge in [-0.2, -0.15) is 5.10 Å². The molecule has 8 nitrogen and oxygen atoms in total. The van der Waals surface area contributed by atoms with Gasteiger partial charge in [-0.1, -0.05) is 4.49 Å². The van der Waals surface area contributed by atoms with Crippen LogP contribution in [0.5, 0.6) is 0 Å². The molecule has 0 spiro atoms. The first kappa shape index (κ1) is 9.52. The lowest BCUT2D eigenvalue weighted by Gasteiger charge is -1.95. The van der Waals surface area contributed by atoms with Crippen LogP contribution in [0.4, 0.5) is 10.7 Å². The molecule has 0 saturated heterocycles. The molecule has 0 aromatic carbocycles. The van der Waals surface area contributed by atoms with Crippen LogP contribution in [0.3, 0.4) is 0 Å². The fourth-order valence-electron chi connectivity index (χ4n) is 1.01. The number of hydrogen-bond donors (Lipinski definition) is 1. The molecule has 0 bridgehead atoms. The molecular formula is C6H6N6O2S. The van der Waals surface area contributed by atoms with E-state index in [0.717, 1.165) is 11.5 Å². The molecule has 0 amide bonds. The summed E-state index contributed by atoms with van der Waals surface area (Å²) < 4.78 is 5.05. The van der Waals surface area contributed by atoms with Crippen LogP contribution in [0.15, 0.2) is 12.4 Å². The van der Waals surface area contributed by atoms with Gasteiger partial charge in [-0.15, -0.1) is 5.10 Å². The van der Waals surface area contributed by atoms with Crippen LogP contribution in [-0.2, 0) is 6.54 Å². The summed E-state index contributed by atoms with van der Waals surface area (Å²) in [4.78, 5) is 9.88. The molecule has 9 heteroatoms. The van der Waals surface area contributed by atoms with Gasteiger partial charge in [0.1, 0.15) is 23.1 Å². The third-order valence-electron chi connectivity index (χ3n) is 1.73. The first-order valence-corrected chi connectivity index (χ1v) is 4.67. The Bertz CT molecular complexity index is 491. The molecule has 2 aromatic heterocycles. The average Bonchev–Trinajstić information content (AvgIpc) is 2.77. The quantitative estimate of drug-likeness (QED) is 0.593. The van der Waals surface area contributed by atoms with Crippen molar-refractivity contribution < 1.29 is 4.92 Å². The second kappa shape index (κ2) is 3.61. The SMILES string of the molecule is Nc1snnc1Cn1cc([N+](=O)[O-])cn1. The highest BCUT2D eigenvalue weighted by Gasteiger charge is 2.11. The summed E-state index contributed by atoms with van der Waals surface area (Å²) >= 11 is 1.08. The molecule has 0 saturated carbocycles. The number of nitro groups is 1. The third kappa shape index (κ3) is 1.91. The van der Waals surface area contributed by atoms with E-state index in [1.54, 1.807) is 0 Å². The Morgan fingerprint density at radius 1 is 1.67 bits per heavy atom. The average molecular weight is 226 g/mol. The number of nitrogens with two attached hydrogens (primary N) is 1. The van der Waals surface area contributed by atoms with Crippen LogP contribution in [0.1, 0.15) is 5.69 Å². The molecule has 78 valence electrons. The van der Waals surface area contributed by atoms with Crippen molar-refractivity contribution in [3.8, 4) is 0 Å². The molecular weight excluding hydrogens is 220 g/mol. The van der Waals surface area contributed by atoms with E-state index in [0.29, 0.717) is 10.7 Å². The van der Waals surface area contributed by atoms with Crippen LogP contribution in [0.25, 0.3) is 0 Å². The highest BCUT2D eigenvalue weighted by Crippen LogP contribution is 2.15. The van der Waals surface area contributed by atoms with Gasteiger partial charge >= 0.3 is 5.69 Å². The summed E-state index contributed by atoms with van der Waals surface area (Å²) in [6, 6.07) is 0. The van der Waals surface area contributed by atoms with Crippen LogP contribution in [0.2, 0.25) is 0 Å². The minimum Gasteiger partial charge on any atom is -0.388 e. The maximum atomic E-state index is 10.4. The Morgan fingerprint density at radius 2 is 2.47 bits per heavy atom. The number of nitrogen functional groups attached to an aromatic ring is 1. The van der Waals surface area contributed by atoms with E-state index < -0.39 is 4.92 Å². The fraction of sp³-hybridized carbons (Fsp3) is 0.167. The maximum absolute atomic E-state index is 10.4. The van der Waals surface area contributed by atoms with Crippen molar-refractivity contribution in [3.63, 3.8) is 0 Å². The van der Waals surface area contributed by atoms with Crippen molar-refractivity contribution in [1.29, 1.82) is 0 Å². The molecule has 2 aromatic rings. The molecule has 0 aliphatic carbocycles. The van der Waals surface area contributed by atoms with Gasteiger partial charge in [0.15, 0.2) is 0 Å². The second-order valence-electron chi connectivity index (χ2n) is 2.74. The van der Waals surface area contributed by atoms with Crippen LogP contribution < -0.4 is 5.73 Å². The molecule has 2 heterocycles. The Labute approximate surface area is 87.6 Å². The number of nitrogens with zero attached hydrogens (tertiary/aromatic N) is 5. The normalized spacial score (nSPS) is 10.4. The third-order valence-corrected chi connectivity index (χ3v) is 2.32. The first-order valence-electron chi connectivity index (χ1n) is 3.90. The Hall–Kier alpha value is -2.03. The van der Waals surface area contributed by atoms with Crippen LogP contribution in [0, 0.1) is 10.1 Å².